The maximum absolute atomic E-state index is 14.5. The van der Waals surface area contributed by atoms with Gasteiger partial charge in [0, 0.05) is 30.5 Å². The Labute approximate surface area is 188 Å². The molecule has 3 aliphatic carbocycles. The summed E-state index contributed by atoms with van der Waals surface area (Å²) in [6, 6.07) is 5.38. The number of rotatable bonds is 3. The molecule has 6 heteroatoms. The number of allylic oxidation sites excluding steroid dienone is 1. The molecule has 1 aromatic carbocycles. The Kier molecular flexibility index (Phi) is 5.60. The molecule has 4 aliphatic rings. The molecule has 5 atom stereocenters. The fourth-order valence-electron chi connectivity index (χ4n) is 7.26. The van der Waals surface area contributed by atoms with Crippen LogP contribution in [-0.4, -0.2) is 48.0 Å². The topological polar surface area (TPSA) is 66.8 Å². The molecule has 1 amide bonds. The van der Waals surface area contributed by atoms with Gasteiger partial charge in [0.25, 0.3) is 0 Å². The van der Waals surface area contributed by atoms with Gasteiger partial charge in [-0.3, -0.25) is 9.59 Å². The number of carbonyl (C=O) groups is 2. The Bertz CT molecular complexity index is 953. The fraction of sp³-hybridized carbons (Fsp3) is 0.615. The van der Waals surface area contributed by atoms with Crippen molar-refractivity contribution in [3.8, 4) is 0 Å². The Morgan fingerprint density at radius 1 is 1.31 bits per heavy atom. The minimum Gasteiger partial charge on any atom is -0.515 e. The van der Waals surface area contributed by atoms with E-state index in [1.807, 2.05) is 11.8 Å². The lowest BCUT2D eigenvalue weighted by molar-refractivity contribution is -0.135. The zero-order chi connectivity index (χ0) is 22.5. The number of fused-ring (bicyclic) bond motifs is 5. The van der Waals surface area contributed by atoms with Gasteiger partial charge in [0.15, 0.2) is 5.78 Å². The Balaban J connectivity index is 1.43. The number of morpholine rings is 1. The van der Waals surface area contributed by atoms with Gasteiger partial charge in [0.2, 0.25) is 5.91 Å². The van der Waals surface area contributed by atoms with Gasteiger partial charge >= 0.3 is 0 Å². The molecule has 32 heavy (non-hydrogen) atoms. The SMILES string of the molecule is C[C@]12CCC3c4cccc(F)c4CCC3C1[C@H](CCC(=O)N1CCOCC1)/C(=C/O)C2=O. The minimum atomic E-state index is -0.521. The van der Waals surface area contributed by atoms with Crippen molar-refractivity contribution in [3.05, 3.63) is 47.0 Å². The van der Waals surface area contributed by atoms with Gasteiger partial charge in [-0.1, -0.05) is 19.1 Å². The maximum Gasteiger partial charge on any atom is 0.222 e. The van der Waals surface area contributed by atoms with E-state index >= 15 is 0 Å². The third kappa shape index (κ3) is 3.30. The molecule has 0 radical (unpaired) electrons. The number of Topliss-reactive ketones (excluding diaryl/α,β-unsaturated/α-hetero) is 1. The Morgan fingerprint density at radius 2 is 2.09 bits per heavy atom. The first-order valence-corrected chi connectivity index (χ1v) is 12.0. The monoisotopic (exact) mass is 441 g/mol. The van der Waals surface area contributed by atoms with E-state index in [4.69, 9.17) is 4.74 Å². The summed E-state index contributed by atoms with van der Waals surface area (Å²) in [5.41, 5.74) is 1.89. The zero-order valence-electron chi connectivity index (χ0n) is 18.7. The van der Waals surface area contributed by atoms with Crippen LogP contribution in [0.2, 0.25) is 0 Å². The number of benzene rings is 1. The molecule has 2 saturated carbocycles. The zero-order valence-corrected chi connectivity index (χ0v) is 18.7. The van der Waals surface area contributed by atoms with Crippen molar-refractivity contribution in [1.82, 2.24) is 4.90 Å². The average Bonchev–Trinajstić information content (AvgIpc) is 3.04. The van der Waals surface area contributed by atoms with E-state index in [9.17, 15) is 19.1 Å². The molecule has 1 aromatic rings. The Hall–Kier alpha value is -2.21. The molecule has 0 spiro atoms. The minimum absolute atomic E-state index is 0.0392. The lowest BCUT2D eigenvalue weighted by Gasteiger charge is -2.49. The van der Waals surface area contributed by atoms with Crippen molar-refractivity contribution in [1.29, 1.82) is 0 Å². The van der Waals surface area contributed by atoms with Crippen LogP contribution in [0.3, 0.4) is 0 Å². The molecule has 1 saturated heterocycles. The van der Waals surface area contributed by atoms with Crippen LogP contribution in [0.5, 0.6) is 0 Å². The maximum atomic E-state index is 14.5. The number of halogens is 1. The molecule has 5 rings (SSSR count). The molecule has 1 N–H and O–H groups in total. The quantitative estimate of drug-likeness (QED) is 0.565. The van der Waals surface area contributed by atoms with E-state index in [2.05, 4.69) is 6.07 Å². The fourth-order valence-corrected chi connectivity index (χ4v) is 7.26. The molecular weight excluding hydrogens is 409 g/mol. The smallest absolute Gasteiger partial charge is 0.222 e. The van der Waals surface area contributed by atoms with Crippen molar-refractivity contribution >= 4 is 11.7 Å². The predicted octanol–water partition coefficient (Wildman–Crippen LogP) is 4.17. The highest BCUT2D eigenvalue weighted by Gasteiger charge is 2.60. The van der Waals surface area contributed by atoms with E-state index in [-0.39, 0.29) is 41.2 Å². The largest absolute Gasteiger partial charge is 0.515 e. The van der Waals surface area contributed by atoms with Gasteiger partial charge in [0.05, 0.1) is 19.5 Å². The number of hydrogen-bond acceptors (Lipinski definition) is 4. The highest BCUT2D eigenvalue weighted by atomic mass is 19.1. The summed E-state index contributed by atoms with van der Waals surface area (Å²) in [6.45, 7) is 4.40. The number of aliphatic hydroxyl groups excluding tert-OH is 1. The van der Waals surface area contributed by atoms with Gasteiger partial charge in [0.1, 0.15) is 5.82 Å². The van der Waals surface area contributed by atoms with Crippen LogP contribution in [0.1, 0.15) is 56.1 Å². The molecule has 3 unspecified atom stereocenters. The highest BCUT2D eigenvalue weighted by molar-refractivity contribution is 6.03. The third-order valence-electron chi connectivity index (χ3n) is 8.76. The second-order valence-electron chi connectivity index (χ2n) is 10.2. The number of ether oxygens (including phenoxy) is 1. The van der Waals surface area contributed by atoms with Crippen LogP contribution in [0.15, 0.2) is 30.0 Å². The number of aliphatic hydroxyl groups is 1. The van der Waals surface area contributed by atoms with Crippen molar-refractivity contribution in [2.75, 3.05) is 26.3 Å². The van der Waals surface area contributed by atoms with E-state index in [1.54, 1.807) is 6.07 Å². The van der Waals surface area contributed by atoms with Gasteiger partial charge < -0.3 is 14.7 Å². The third-order valence-corrected chi connectivity index (χ3v) is 8.76. The Morgan fingerprint density at radius 3 is 2.84 bits per heavy atom. The van der Waals surface area contributed by atoms with Gasteiger partial charge in [-0.15, -0.1) is 0 Å². The normalized spacial score (nSPS) is 35.4. The number of carbonyl (C=O) groups excluding carboxylic acids is 2. The standard InChI is InChI=1S/C26H32FNO4/c1-26-10-9-17-16-3-2-4-22(27)18(16)5-6-19(17)24(26)20(21(15-29)25(26)31)7-8-23(30)28-11-13-32-14-12-28/h2-4,15,17,19-20,24,29H,5-14H2,1H3/b21-15-/t17?,19?,20-,24?,26+/m1/s1. The van der Waals surface area contributed by atoms with E-state index in [0.717, 1.165) is 36.7 Å². The summed E-state index contributed by atoms with van der Waals surface area (Å²) in [5, 5.41) is 10.0. The average molecular weight is 442 g/mol. The molecule has 1 aliphatic heterocycles. The number of hydrogen-bond donors (Lipinski definition) is 1. The number of amides is 1. The van der Waals surface area contributed by atoms with Gasteiger partial charge in [-0.05, 0) is 73.0 Å². The molecular formula is C26H32FNO4. The van der Waals surface area contributed by atoms with E-state index < -0.39 is 5.41 Å². The lowest BCUT2D eigenvalue weighted by Crippen LogP contribution is -2.44. The lowest BCUT2D eigenvalue weighted by atomic mass is 9.54. The molecule has 3 fully saturated rings. The molecule has 0 bridgehead atoms. The number of ketones is 1. The van der Waals surface area contributed by atoms with Gasteiger partial charge in [-0.25, -0.2) is 4.39 Å². The predicted molar refractivity (Wildman–Crippen MR) is 118 cm³/mol. The summed E-state index contributed by atoms with van der Waals surface area (Å²) in [6.07, 6.45) is 5.05. The van der Waals surface area contributed by atoms with Crippen LogP contribution in [0.4, 0.5) is 4.39 Å². The summed E-state index contributed by atoms with van der Waals surface area (Å²) in [7, 11) is 0. The molecule has 172 valence electrons. The van der Waals surface area contributed by atoms with Crippen LogP contribution in [0.25, 0.3) is 0 Å². The van der Waals surface area contributed by atoms with Crippen LogP contribution >= 0.6 is 0 Å². The van der Waals surface area contributed by atoms with Crippen LogP contribution in [-0.2, 0) is 20.7 Å². The first-order valence-electron chi connectivity index (χ1n) is 12.0. The highest BCUT2D eigenvalue weighted by Crippen LogP contribution is 2.63. The second-order valence-corrected chi connectivity index (χ2v) is 10.2. The first kappa shape index (κ1) is 21.6. The molecule has 0 aromatic heterocycles. The van der Waals surface area contributed by atoms with Crippen LogP contribution in [0, 0.1) is 29.0 Å². The molecule has 1 heterocycles. The van der Waals surface area contributed by atoms with Crippen molar-refractivity contribution in [2.45, 2.75) is 51.4 Å². The van der Waals surface area contributed by atoms with Crippen molar-refractivity contribution < 1.29 is 23.8 Å². The summed E-state index contributed by atoms with van der Waals surface area (Å²) in [5.74, 6) is 0.433. The summed E-state index contributed by atoms with van der Waals surface area (Å²) < 4.78 is 19.8. The summed E-state index contributed by atoms with van der Waals surface area (Å²) in [4.78, 5) is 28.1. The van der Waals surface area contributed by atoms with Gasteiger partial charge in [-0.2, -0.15) is 0 Å². The van der Waals surface area contributed by atoms with Crippen LogP contribution < -0.4 is 0 Å². The van der Waals surface area contributed by atoms with Crippen molar-refractivity contribution in [2.24, 2.45) is 23.2 Å². The molecule has 5 nitrogen and oxygen atoms in total. The first-order chi connectivity index (χ1) is 15.5. The van der Waals surface area contributed by atoms with E-state index in [0.29, 0.717) is 51.1 Å². The van der Waals surface area contributed by atoms with E-state index in [1.165, 1.54) is 6.07 Å². The van der Waals surface area contributed by atoms with Crippen molar-refractivity contribution in [3.63, 3.8) is 0 Å². The summed E-state index contributed by atoms with van der Waals surface area (Å²) >= 11 is 0. The number of nitrogens with zero attached hydrogens (tertiary/aromatic N) is 1. The second kappa shape index (κ2) is 8.29.